The van der Waals surface area contributed by atoms with E-state index in [4.69, 9.17) is 14.7 Å². The predicted octanol–water partition coefficient (Wildman–Crippen LogP) is 1.70. The monoisotopic (exact) mass is 220 g/mol. The number of amides is 1. The van der Waals surface area contributed by atoms with Crippen molar-refractivity contribution >= 4 is 6.09 Å². The van der Waals surface area contributed by atoms with Gasteiger partial charge in [0.15, 0.2) is 11.5 Å². The second-order valence-corrected chi connectivity index (χ2v) is 2.88. The third kappa shape index (κ3) is 3.50. The molecule has 16 heavy (non-hydrogen) atoms. The Balaban J connectivity index is 2.53. The molecule has 1 aromatic rings. The average molecular weight is 220 g/mol. The summed E-state index contributed by atoms with van der Waals surface area (Å²) in [7, 11) is 1.50. The summed E-state index contributed by atoms with van der Waals surface area (Å²) in [4.78, 5) is 11.3. The minimum Gasteiger partial charge on any atom is -0.493 e. The van der Waals surface area contributed by atoms with Crippen LogP contribution >= 0.6 is 0 Å². The summed E-state index contributed by atoms with van der Waals surface area (Å²) >= 11 is 0. The van der Waals surface area contributed by atoms with Gasteiger partial charge >= 0.3 is 6.09 Å². The average Bonchev–Trinajstić information content (AvgIpc) is 2.30. The standard InChI is InChI=1S/C11H12N2O3/c1-15-9-5-2-3-6-10(9)16-11(14)13-8-4-7-12/h2-3,5-6H,4,8H2,1H3,(H,13,14). The Kier molecular flexibility index (Phi) is 4.67. The molecule has 0 aromatic heterocycles. The number of nitrogens with zero attached hydrogens (tertiary/aromatic N) is 1. The molecule has 0 radical (unpaired) electrons. The van der Waals surface area contributed by atoms with Gasteiger partial charge in [-0.05, 0) is 12.1 Å². The molecule has 5 heteroatoms. The lowest BCUT2D eigenvalue weighted by atomic mass is 10.3. The lowest BCUT2D eigenvalue weighted by Crippen LogP contribution is -2.27. The summed E-state index contributed by atoms with van der Waals surface area (Å²) < 4.78 is 10.0. The summed E-state index contributed by atoms with van der Waals surface area (Å²) in [5.74, 6) is 0.831. The van der Waals surface area contributed by atoms with Gasteiger partial charge in [-0.1, -0.05) is 12.1 Å². The van der Waals surface area contributed by atoms with Crippen LogP contribution in [0.15, 0.2) is 24.3 Å². The van der Waals surface area contributed by atoms with E-state index in [1.807, 2.05) is 6.07 Å². The van der Waals surface area contributed by atoms with Gasteiger partial charge in [-0.15, -0.1) is 0 Å². The van der Waals surface area contributed by atoms with Gasteiger partial charge < -0.3 is 14.8 Å². The van der Waals surface area contributed by atoms with Crippen molar-refractivity contribution in [3.05, 3.63) is 24.3 Å². The van der Waals surface area contributed by atoms with Crippen LogP contribution in [0.1, 0.15) is 6.42 Å². The van der Waals surface area contributed by atoms with E-state index in [0.717, 1.165) is 0 Å². The SMILES string of the molecule is COc1ccccc1OC(=O)NCCC#N. The Morgan fingerprint density at radius 1 is 1.44 bits per heavy atom. The van der Waals surface area contributed by atoms with Crippen molar-refractivity contribution in [2.75, 3.05) is 13.7 Å². The summed E-state index contributed by atoms with van der Waals surface area (Å²) in [5.41, 5.74) is 0. The van der Waals surface area contributed by atoms with Crippen LogP contribution in [0.25, 0.3) is 0 Å². The highest BCUT2D eigenvalue weighted by Crippen LogP contribution is 2.25. The number of rotatable bonds is 4. The first-order valence-electron chi connectivity index (χ1n) is 4.73. The minimum absolute atomic E-state index is 0.251. The first-order valence-corrected chi connectivity index (χ1v) is 4.73. The molecular formula is C11H12N2O3. The molecule has 0 aliphatic carbocycles. The molecule has 0 spiro atoms. The zero-order chi connectivity index (χ0) is 11.8. The summed E-state index contributed by atoms with van der Waals surface area (Å²) in [6.07, 6.45) is -0.346. The van der Waals surface area contributed by atoms with Crippen LogP contribution in [0.2, 0.25) is 0 Å². The van der Waals surface area contributed by atoms with Crippen molar-refractivity contribution in [1.29, 1.82) is 5.26 Å². The van der Waals surface area contributed by atoms with E-state index in [1.54, 1.807) is 24.3 Å². The lowest BCUT2D eigenvalue weighted by Gasteiger charge is -2.08. The largest absolute Gasteiger partial charge is 0.493 e. The van der Waals surface area contributed by atoms with Crippen LogP contribution < -0.4 is 14.8 Å². The topological polar surface area (TPSA) is 71.3 Å². The molecule has 0 fully saturated rings. The fourth-order valence-electron chi connectivity index (χ4n) is 1.06. The minimum atomic E-state index is -0.597. The highest BCUT2D eigenvalue weighted by atomic mass is 16.6. The molecule has 1 N–H and O–H groups in total. The van der Waals surface area contributed by atoms with Gasteiger partial charge in [-0.25, -0.2) is 4.79 Å². The van der Waals surface area contributed by atoms with E-state index in [-0.39, 0.29) is 13.0 Å². The highest BCUT2D eigenvalue weighted by molar-refractivity contribution is 5.71. The van der Waals surface area contributed by atoms with Gasteiger partial charge in [0.1, 0.15) is 0 Å². The Labute approximate surface area is 93.6 Å². The number of hydrogen-bond acceptors (Lipinski definition) is 4. The molecule has 0 atom stereocenters. The van der Waals surface area contributed by atoms with Crippen molar-refractivity contribution in [1.82, 2.24) is 5.32 Å². The zero-order valence-electron chi connectivity index (χ0n) is 8.90. The van der Waals surface area contributed by atoms with Crippen molar-refractivity contribution in [2.24, 2.45) is 0 Å². The maximum atomic E-state index is 11.3. The normalized spacial score (nSPS) is 9.00. The Bertz CT molecular complexity index is 398. The van der Waals surface area contributed by atoms with Gasteiger partial charge in [0.05, 0.1) is 19.6 Å². The van der Waals surface area contributed by atoms with Crippen molar-refractivity contribution in [3.8, 4) is 17.6 Å². The van der Waals surface area contributed by atoms with E-state index in [0.29, 0.717) is 11.5 Å². The number of carbonyl (C=O) groups is 1. The number of para-hydroxylation sites is 2. The van der Waals surface area contributed by atoms with Gasteiger partial charge in [0, 0.05) is 6.54 Å². The fraction of sp³-hybridized carbons (Fsp3) is 0.273. The molecule has 0 unspecified atom stereocenters. The van der Waals surface area contributed by atoms with Crippen LogP contribution in [-0.4, -0.2) is 19.7 Å². The van der Waals surface area contributed by atoms with Crippen LogP contribution in [0.4, 0.5) is 4.79 Å². The Morgan fingerprint density at radius 2 is 2.12 bits per heavy atom. The lowest BCUT2D eigenvalue weighted by molar-refractivity contribution is 0.198. The molecule has 0 saturated carbocycles. The summed E-state index contributed by atoms with van der Waals surface area (Å²) in [6, 6.07) is 8.75. The molecule has 0 heterocycles. The second-order valence-electron chi connectivity index (χ2n) is 2.88. The molecule has 1 amide bonds. The predicted molar refractivity (Wildman–Crippen MR) is 57.3 cm³/mol. The smallest absolute Gasteiger partial charge is 0.412 e. The molecule has 0 bridgehead atoms. The first kappa shape index (κ1) is 11.9. The van der Waals surface area contributed by atoms with Crippen molar-refractivity contribution in [3.63, 3.8) is 0 Å². The van der Waals surface area contributed by atoms with E-state index < -0.39 is 6.09 Å². The third-order valence-corrected chi connectivity index (χ3v) is 1.78. The first-order chi connectivity index (χ1) is 7.77. The summed E-state index contributed by atoms with van der Waals surface area (Å²) in [6.45, 7) is 0.268. The van der Waals surface area contributed by atoms with Gasteiger partial charge in [-0.3, -0.25) is 0 Å². The molecule has 1 rings (SSSR count). The number of methoxy groups -OCH3 is 1. The van der Waals surface area contributed by atoms with Crippen molar-refractivity contribution < 1.29 is 14.3 Å². The van der Waals surface area contributed by atoms with Crippen LogP contribution in [0.5, 0.6) is 11.5 Å². The number of carbonyl (C=O) groups excluding carboxylic acids is 1. The molecule has 5 nitrogen and oxygen atoms in total. The molecule has 84 valence electrons. The van der Waals surface area contributed by atoms with Crippen LogP contribution in [-0.2, 0) is 0 Å². The fourth-order valence-corrected chi connectivity index (χ4v) is 1.06. The summed E-state index contributed by atoms with van der Waals surface area (Å²) in [5, 5.41) is 10.7. The van der Waals surface area contributed by atoms with Crippen molar-refractivity contribution in [2.45, 2.75) is 6.42 Å². The van der Waals surface area contributed by atoms with E-state index in [1.165, 1.54) is 7.11 Å². The van der Waals surface area contributed by atoms with E-state index in [9.17, 15) is 4.79 Å². The van der Waals surface area contributed by atoms with Gasteiger partial charge in [0.2, 0.25) is 0 Å². The van der Waals surface area contributed by atoms with E-state index >= 15 is 0 Å². The Hall–Kier alpha value is -2.22. The molecule has 0 saturated heterocycles. The van der Waals surface area contributed by atoms with Gasteiger partial charge in [-0.2, -0.15) is 5.26 Å². The van der Waals surface area contributed by atoms with E-state index in [2.05, 4.69) is 5.32 Å². The number of hydrogen-bond donors (Lipinski definition) is 1. The van der Waals surface area contributed by atoms with Crippen LogP contribution in [0.3, 0.4) is 0 Å². The van der Waals surface area contributed by atoms with Crippen LogP contribution in [0, 0.1) is 11.3 Å². The van der Waals surface area contributed by atoms with Gasteiger partial charge in [0.25, 0.3) is 0 Å². The molecule has 1 aromatic carbocycles. The second kappa shape index (κ2) is 6.30. The Morgan fingerprint density at radius 3 is 2.75 bits per heavy atom. The maximum Gasteiger partial charge on any atom is 0.412 e. The third-order valence-electron chi connectivity index (χ3n) is 1.78. The number of nitrogens with one attached hydrogen (secondary N) is 1. The molecule has 0 aliphatic heterocycles. The number of benzene rings is 1. The zero-order valence-corrected chi connectivity index (χ0v) is 8.90. The highest BCUT2D eigenvalue weighted by Gasteiger charge is 2.07. The molecular weight excluding hydrogens is 208 g/mol. The number of ether oxygens (including phenoxy) is 2. The quantitative estimate of drug-likeness (QED) is 0.784. The number of nitriles is 1. The maximum absolute atomic E-state index is 11.3. The molecule has 0 aliphatic rings.